The molecule has 1 aromatic rings. The summed E-state index contributed by atoms with van der Waals surface area (Å²) < 4.78 is 5.46. The van der Waals surface area contributed by atoms with Crippen LogP contribution >= 0.6 is 0 Å². The standard InChI is InChI=1S/C16H28N2O/c1-16(2,13-18-12-8-7-11-17-3)14-9-5-6-10-15(14)19-4/h5-6,9-10,17-18H,7-8,11-13H2,1-4H3. The summed E-state index contributed by atoms with van der Waals surface area (Å²) in [5.74, 6) is 0.976. The molecule has 19 heavy (non-hydrogen) atoms. The van der Waals surface area contributed by atoms with Crippen LogP contribution in [0.1, 0.15) is 32.3 Å². The maximum atomic E-state index is 5.46. The Morgan fingerprint density at radius 2 is 1.79 bits per heavy atom. The number of nitrogens with one attached hydrogen (secondary N) is 2. The molecule has 3 heteroatoms. The molecule has 0 aliphatic heterocycles. The number of rotatable bonds is 9. The summed E-state index contributed by atoms with van der Waals surface area (Å²) >= 11 is 0. The van der Waals surface area contributed by atoms with Crippen LogP contribution in [0.5, 0.6) is 5.75 Å². The lowest BCUT2D eigenvalue weighted by atomic mass is 9.84. The average Bonchev–Trinajstić information content (AvgIpc) is 2.42. The van der Waals surface area contributed by atoms with Gasteiger partial charge in [-0.15, -0.1) is 0 Å². The summed E-state index contributed by atoms with van der Waals surface area (Å²) in [5, 5.41) is 6.72. The molecule has 0 saturated heterocycles. The molecule has 3 nitrogen and oxygen atoms in total. The van der Waals surface area contributed by atoms with Gasteiger partial charge in [0.1, 0.15) is 5.75 Å². The van der Waals surface area contributed by atoms with Gasteiger partial charge < -0.3 is 15.4 Å². The molecule has 0 saturated carbocycles. The first-order valence-corrected chi connectivity index (χ1v) is 7.10. The fraction of sp³-hybridized carbons (Fsp3) is 0.625. The number of ether oxygens (including phenoxy) is 1. The van der Waals surface area contributed by atoms with Gasteiger partial charge in [-0.25, -0.2) is 0 Å². The third-order valence-corrected chi connectivity index (χ3v) is 3.43. The Bertz CT molecular complexity index is 364. The number of hydrogen-bond donors (Lipinski definition) is 2. The number of para-hydroxylation sites is 1. The number of methoxy groups -OCH3 is 1. The molecule has 0 aliphatic rings. The number of unbranched alkanes of at least 4 members (excludes halogenated alkanes) is 1. The predicted molar refractivity (Wildman–Crippen MR) is 82.1 cm³/mol. The molecule has 0 fully saturated rings. The van der Waals surface area contributed by atoms with Gasteiger partial charge in [0.25, 0.3) is 0 Å². The second-order valence-electron chi connectivity index (χ2n) is 5.57. The largest absolute Gasteiger partial charge is 0.496 e. The van der Waals surface area contributed by atoms with Gasteiger partial charge in [0, 0.05) is 17.5 Å². The molecule has 1 aromatic carbocycles. The van der Waals surface area contributed by atoms with Crippen molar-refractivity contribution in [3.05, 3.63) is 29.8 Å². The summed E-state index contributed by atoms with van der Waals surface area (Å²) in [6, 6.07) is 8.28. The average molecular weight is 264 g/mol. The molecule has 0 atom stereocenters. The van der Waals surface area contributed by atoms with Gasteiger partial charge in [-0.3, -0.25) is 0 Å². The first kappa shape index (κ1) is 16.0. The van der Waals surface area contributed by atoms with Crippen molar-refractivity contribution in [3.63, 3.8) is 0 Å². The second kappa shape index (κ2) is 8.18. The lowest BCUT2D eigenvalue weighted by molar-refractivity contribution is 0.385. The van der Waals surface area contributed by atoms with E-state index < -0.39 is 0 Å². The fourth-order valence-corrected chi connectivity index (χ4v) is 2.25. The lowest BCUT2D eigenvalue weighted by Crippen LogP contribution is -2.34. The molecule has 0 heterocycles. The van der Waals surface area contributed by atoms with Crippen LogP contribution in [0.25, 0.3) is 0 Å². The SMILES string of the molecule is CNCCCCNCC(C)(C)c1ccccc1OC. The molecule has 0 aromatic heterocycles. The van der Waals surface area contributed by atoms with E-state index in [1.807, 2.05) is 19.2 Å². The van der Waals surface area contributed by atoms with E-state index in [-0.39, 0.29) is 5.41 Å². The van der Waals surface area contributed by atoms with Gasteiger partial charge in [0.05, 0.1) is 7.11 Å². The maximum Gasteiger partial charge on any atom is 0.122 e. The summed E-state index contributed by atoms with van der Waals surface area (Å²) in [7, 11) is 3.73. The van der Waals surface area contributed by atoms with E-state index >= 15 is 0 Å². The Morgan fingerprint density at radius 3 is 2.47 bits per heavy atom. The van der Waals surface area contributed by atoms with E-state index in [4.69, 9.17) is 4.74 Å². The quantitative estimate of drug-likeness (QED) is 0.673. The topological polar surface area (TPSA) is 33.3 Å². The molecule has 0 amide bonds. The Hall–Kier alpha value is -1.06. The smallest absolute Gasteiger partial charge is 0.122 e. The molecule has 0 radical (unpaired) electrons. The highest BCUT2D eigenvalue weighted by Crippen LogP contribution is 2.30. The molecule has 1 rings (SSSR count). The summed E-state index contributed by atoms with van der Waals surface area (Å²) in [5.41, 5.74) is 1.34. The minimum Gasteiger partial charge on any atom is -0.496 e. The minimum atomic E-state index is 0.0790. The zero-order valence-electron chi connectivity index (χ0n) is 12.8. The third kappa shape index (κ3) is 5.21. The van der Waals surface area contributed by atoms with Gasteiger partial charge in [0.15, 0.2) is 0 Å². The van der Waals surface area contributed by atoms with Crippen LogP contribution in [0.15, 0.2) is 24.3 Å². The zero-order chi connectivity index (χ0) is 14.1. The number of benzene rings is 1. The van der Waals surface area contributed by atoms with E-state index in [0.717, 1.165) is 25.4 Å². The second-order valence-corrected chi connectivity index (χ2v) is 5.57. The van der Waals surface area contributed by atoms with Crippen LogP contribution in [0.4, 0.5) is 0 Å². The Kier molecular flexibility index (Phi) is 6.89. The molecule has 0 spiro atoms. The Labute approximate surface area is 117 Å². The van der Waals surface area contributed by atoms with Crippen LogP contribution in [0, 0.1) is 0 Å². The van der Waals surface area contributed by atoms with Crippen molar-refractivity contribution in [1.29, 1.82) is 0 Å². The van der Waals surface area contributed by atoms with Crippen molar-refractivity contribution in [1.82, 2.24) is 10.6 Å². The zero-order valence-corrected chi connectivity index (χ0v) is 12.8. The number of hydrogen-bond acceptors (Lipinski definition) is 3. The monoisotopic (exact) mass is 264 g/mol. The summed E-state index contributed by atoms with van der Waals surface area (Å²) in [6.45, 7) is 7.64. The Balaban J connectivity index is 2.46. The molecular weight excluding hydrogens is 236 g/mol. The highest BCUT2D eigenvalue weighted by Gasteiger charge is 2.23. The summed E-state index contributed by atoms with van der Waals surface area (Å²) in [4.78, 5) is 0. The van der Waals surface area contributed by atoms with Crippen molar-refractivity contribution in [3.8, 4) is 5.75 Å². The maximum absolute atomic E-state index is 5.46. The van der Waals surface area contributed by atoms with Gasteiger partial charge >= 0.3 is 0 Å². The van der Waals surface area contributed by atoms with Crippen LogP contribution in [0.2, 0.25) is 0 Å². The first-order chi connectivity index (χ1) is 9.11. The Morgan fingerprint density at radius 1 is 1.11 bits per heavy atom. The van der Waals surface area contributed by atoms with Crippen LogP contribution in [0.3, 0.4) is 0 Å². The normalized spacial score (nSPS) is 11.6. The molecule has 108 valence electrons. The van der Waals surface area contributed by atoms with Crippen molar-refractivity contribution in [2.24, 2.45) is 0 Å². The molecule has 0 aliphatic carbocycles. The first-order valence-electron chi connectivity index (χ1n) is 7.10. The van der Waals surface area contributed by atoms with Crippen molar-refractivity contribution < 1.29 is 4.74 Å². The molecular formula is C16H28N2O. The van der Waals surface area contributed by atoms with Crippen LogP contribution in [-0.2, 0) is 5.41 Å². The van der Waals surface area contributed by atoms with E-state index in [9.17, 15) is 0 Å². The third-order valence-electron chi connectivity index (χ3n) is 3.43. The van der Waals surface area contributed by atoms with Gasteiger partial charge in [-0.2, -0.15) is 0 Å². The van der Waals surface area contributed by atoms with Gasteiger partial charge in [-0.1, -0.05) is 32.0 Å². The highest BCUT2D eigenvalue weighted by atomic mass is 16.5. The highest BCUT2D eigenvalue weighted by molar-refractivity contribution is 5.39. The van der Waals surface area contributed by atoms with Crippen LogP contribution in [-0.4, -0.2) is 33.8 Å². The molecule has 0 unspecified atom stereocenters. The van der Waals surface area contributed by atoms with E-state index in [1.165, 1.54) is 18.4 Å². The van der Waals surface area contributed by atoms with E-state index in [1.54, 1.807) is 7.11 Å². The van der Waals surface area contributed by atoms with Crippen molar-refractivity contribution in [2.75, 3.05) is 33.8 Å². The lowest BCUT2D eigenvalue weighted by Gasteiger charge is -2.27. The summed E-state index contributed by atoms with van der Waals surface area (Å²) in [6.07, 6.45) is 2.43. The van der Waals surface area contributed by atoms with Crippen LogP contribution < -0.4 is 15.4 Å². The van der Waals surface area contributed by atoms with Crippen molar-refractivity contribution in [2.45, 2.75) is 32.1 Å². The van der Waals surface area contributed by atoms with Gasteiger partial charge in [-0.05, 0) is 39.0 Å². The molecule has 2 N–H and O–H groups in total. The van der Waals surface area contributed by atoms with Crippen molar-refractivity contribution >= 4 is 0 Å². The van der Waals surface area contributed by atoms with E-state index in [2.05, 4.69) is 36.6 Å². The van der Waals surface area contributed by atoms with E-state index in [0.29, 0.717) is 0 Å². The molecule has 0 bridgehead atoms. The predicted octanol–water partition coefficient (Wildman–Crippen LogP) is 2.56. The minimum absolute atomic E-state index is 0.0790. The van der Waals surface area contributed by atoms with Gasteiger partial charge in [0.2, 0.25) is 0 Å². The fourth-order valence-electron chi connectivity index (χ4n) is 2.25.